The van der Waals surface area contributed by atoms with Crippen molar-refractivity contribution in [1.29, 1.82) is 0 Å². The van der Waals surface area contributed by atoms with Crippen LogP contribution in [0.1, 0.15) is 33.3 Å². The molecule has 0 bridgehead atoms. The highest BCUT2D eigenvalue weighted by Crippen LogP contribution is 2.20. The molecule has 4 nitrogen and oxygen atoms in total. The van der Waals surface area contributed by atoms with Crippen LogP contribution in [-0.2, 0) is 11.4 Å². The summed E-state index contributed by atoms with van der Waals surface area (Å²) in [5, 5.41) is 1.40. The van der Waals surface area contributed by atoms with Gasteiger partial charge >= 0.3 is 0 Å². The molecule has 0 amide bonds. The largest absolute Gasteiger partial charge is 0.591 e. The van der Waals surface area contributed by atoms with Gasteiger partial charge in [-0.05, 0) is 52.0 Å². The third-order valence-corrected chi connectivity index (χ3v) is 4.66. The Bertz CT molecular complexity index is 762. The zero-order valence-corrected chi connectivity index (χ0v) is 13.9. The van der Waals surface area contributed by atoms with E-state index in [1.54, 1.807) is 31.2 Å². The lowest BCUT2D eigenvalue weighted by Gasteiger charge is -2.18. The quantitative estimate of drug-likeness (QED) is 0.679. The molecule has 2 rings (SSSR count). The number of nitrogens with zero attached hydrogens (tertiary/aromatic N) is 1. The number of pyridine rings is 1. The van der Waals surface area contributed by atoms with Gasteiger partial charge < -0.3 is 9.54 Å². The lowest BCUT2D eigenvalue weighted by Crippen LogP contribution is -2.27. The van der Waals surface area contributed by atoms with Gasteiger partial charge in [0, 0.05) is 15.9 Å². The summed E-state index contributed by atoms with van der Waals surface area (Å²) >= 11 is 4.56. The summed E-state index contributed by atoms with van der Waals surface area (Å²) in [4.78, 5) is 14.9. The van der Waals surface area contributed by atoms with E-state index in [0.29, 0.717) is 21.8 Å². The van der Waals surface area contributed by atoms with E-state index in [0.717, 1.165) is 5.39 Å². The summed E-state index contributed by atoms with van der Waals surface area (Å²) in [6.07, 6.45) is 0. The van der Waals surface area contributed by atoms with Crippen LogP contribution < -0.4 is 5.56 Å². The minimum Gasteiger partial charge on any atom is -0.591 e. The number of H-pyrrole nitrogens is 1. The van der Waals surface area contributed by atoms with Crippen molar-refractivity contribution < 1.29 is 4.55 Å². The number of fused-ring (bicyclic) bond motifs is 1. The number of aromatic amines is 1. The number of benzene rings is 1. The molecule has 21 heavy (non-hydrogen) atoms. The minimum atomic E-state index is -1.41. The third kappa shape index (κ3) is 3.67. The van der Waals surface area contributed by atoms with Crippen molar-refractivity contribution in [2.24, 2.45) is 4.40 Å². The lowest BCUT2D eigenvalue weighted by molar-refractivity contribution is 0.561. The first-order chi connectivity index (χ1) is 9.68. The lowest BCUT2D eigenvalue weighted by atomic mass is 10.1. The van der Waals surface area contributed by atoms with Crippen molar-refractivity contribution >= 4 is 39.6 Å². The smallest absolute Gasteiger partial charge is 0.257 e. The number of hydrogen-bond donors (Lipinski definition) is 1. The van der Waals surface area contributed by atoms with E-state index in [1.165, 1.54) is 0 Å². The second-order valence-corrected chi connectivity index (χ2v) is 8.12. The van der Waals surface area contributed by atoms with Crippen molar-refractivity contribution in [2.75, 3.05) is 0 Å². The van der Waals surface area contributed by atoms with E-state index in [4.69, 9.17) is 11.6 Å². The molecule has 1 atom stereocenters. The van der Waals surface area contributed by atoms with Gasteiger partial charge in [-0.2, -0.15) is 0 Å². The van der Waals surface area contributed by atoms with Crippen molar-refractivity contribution in [2.45, 2.75) is 32.4 Å². The highest BCUT2D eigenvalue weighted by Gasteiger charge is 2.27. The number of rotatable bonds is 2. The Kier molecular flexibility index (Phi) is 4.46. The Labute approximate surface area is 131 Å². The average molecular weight is 325 g/mol. The summed E-state index contributed by atoms with van der Waals surface area (Å²) < 4.78 is 15.7. The fourth-order valence-corrected chi connectivity index (χ4v) is 2.56. The molecule has 0 saturated carbocycles. The van der Waals surface area contributed by atoms with Crippen LogP contribution in [0, 0.1) is 0 Å². The van der Waals surface area contributed by atoms with Crippen molar-refractivity contribution in [3.05, 3.63) is 45.2 Å². The van der Waals surface area contributed by atoms with Crippen LogP contribution in [0.5, 0.6) is 0 Å². The zero-order chi connectivity index (χ0) is 15.8. The molecular formula is C15H17ClN2O2S. The highest BCUT2D eigenvalue weighted by molar-refractivity contribution is 7.91. The fourth-order valence-electron chi connectivity index (χ4n) is 1.76. The molecule has 1 aromatic carbocycles. The van der Waals surface area contributed by atoms with Gasteiger partial charge in [0.25, 0.3) is 5.56 Å². The van der Waals surface area contributed by atoms with E-state index in [1.807, 2.05) is 20.8 Å². The van der Waals surface area contributed by atoms with Crippen LogP contribution in [0.15, 0.2) is 33.5 Å². The van der Waals surface area contributed by atoms with Crippen molar-refractivity contribution in [3.8, 4) is 0 Å². The molecule has 0 radical (unpaired) electrons. The van der Waals surface area contributed by atoms with Crippen LogP contribution in [0.25, 0.3) is 10.9 Å². The molecule has 0 aliphatic heterocycles. The maximum absolute atomic E-state index is 12.1. The van der Waals surface area contributed by atoms with Gasteiger partial charge in [-0.3, -0.25) is 4.79 Å². The van der Waals surface area contributed by atoms with Gasteiger partial charge in [0.15, 0.2) is 0 Å². The standard InChI is InChI=1S/C15H17ClN2O2S/c1-9(18-21(20)15(2,3)4)12-8-10-7-11(16)5-6-13(10)17-14(12)19/h5-8H,1-4H3,(H,17,19). The van der Waals surface area contributed by atoms with Crippen LogP contribution >= 0.6 is 11.6 Å². The zero-order valence-electron chi connectivity index (χ0n) is 12.4. The van der Waals surface area contributed by atoms with Gasteiger partial charge in [-0.25, -0.2) is 0 Å². The molecule has 0 aliphatic carbocycles. The molecular weight excluding hydrogens is 308 g/mol. The number of hydrogen-bond acceptors (Lipinski definition) is 3. The van der Waals surface area contributed by atoms with Crippen LogP contribution in [0.3, 0.4) is 0 Å². The number of halogens is 1. The summed E-state index contributed by atoms with van der Waals surface area (Å²) in [5.41, 5.74) is 1.31. The van der Waals surface area contributed by atoms with Crippen LogP contribution in [0.2, 0.25) is 5.02 Å². The van der Waals surface area contributed by atoms with E-state index in [-0.39, 0.29) is 5.56 Å². The summed E-state index contributed by atoms with van der Waals surface area (Å²) in [6.45, 7) is 7.20. The average Bonchev–Trinajstić information content (AvgIpc) is 2.37. The summed E-state index contributed by atoms with van der Waals surface area (Å²) in [7, 11) is 0. The first-order valence-electron chi connectivity index (χ1n) is 6.49. The molecule has 0 saturated heterocycles. The third-order valence-electron chi connectivity index (χ3n) is 2.94. The van der Waals surface area contributed by atoms with Gasteiger partial charge in [0.2, 0.25) is 0 Å². The Morgan fingerprint density at radius 3 is 2.62 bits per heavy atom. The number of aromatic nitrogens is 1. The van der Waals surface area contributed by atoms with Gasteiger partial charge in [-0.1, -0.05) is 16.0 Å². The number of nitrogens with one attached hydrogen (secondary N) is 1. The monoisotopic (exact) mass is 324 g/mol. The topological polar surface area (TPSA) is 68.3 Å². The maximum atomic E-state index is 12.1. The molecule has 1 N–H and O–H groups in total. The van der Waals surface area contributed by atoms with Crippen LogP contribution in [-0.4, -0.2) is 20.0 Å². The molecule has 0 aliphatic rings. The first-order valence-corrected chi connectivity index (χ1v) is 7.97. The van der Waals surface area contributed by atoms with E-state index >= 15 is 0 Å². The van der Waals surface area contributed by atoms with E-state index in [9.17, 15) is 9.35 Å². The Hall–Kier alpha value is -1.30. The van der Waals surface area contributed by atoms with Crippen molar-refractivity contribution in [1.82, 2.24) is 4.98 Å². The fraction of sp³-hybridized carbons (Fsp3) is 0.333. The SMILES string of the molecule is CC(=N[S+]([O-])C(C)(C)C)c1cc2cc(Cl)ccc2[nH]c1=O. The predicted octanol–water partition coefficient (Wildman–Crippen LogP) is 3.45. The maximum Gasteiger partial charge on any atom is 0.257 e. The molecule has 112 valence electrons. The van der Waals surface area contributed by atoms with Gasteiger partial charge in [0.1, 0.15) is 21.8 Å². The Morgan fingerprint density at radius 2 is 2.00 bits per heavy atom. The van der Waals surface area contributed by atoms with Crippen LogP contribution in [0.4, 0.5) is 0 Å². The van der Waals surface area contributed by atoms with E-state index in [2.05, 4.69) is 9.38 Å². The molecule has 0 fully saturated rings. The summed E-state index contributed by atoms with van der Waals surface area (Å²) in [6, 6.07) is 6.96. The molecule has 1 unspecified atom stereocenters. The van der Waals surface area contributed by atoms with Crippen molar-refractivity contribution in [3.63, 3.8) is 0 Å². The summed E-state index contributed by atoms with van der Waals surface area (Å²) in [5.74, 6) is 0. The normalized spacial score (nSPS) is 14.5. The Morgan fingerprint density at radius 1 is 1.33 bits per heavy atom. The van der Waals surface area contributed by atoms with Gasteiger partial charge in [0.05, 0.1) is 5.56 Å². The highest BCUT2D eigenvalue weighted by atomic mass is 35.5. The molecule has 6 heteroatoms. The molecule has 1 heterocycles. The second kappa shape index (κ2) is 5.83. The Balaban J connectivity index is 2.53. The predicted molar refractivity (Wildman–Crippen MR) is 89.7 cm³/mol. The molecule has 1 aromatic heterocycles. The first kappa shape index (κ1) is 16.1. The minimum absolute atomic E-state index is 0.253. The molecule has 2 aromatic rings. The molecule has 0 spiro atoms. The van der Waals surface area contributed by atoms with Gasteiger partial charge in [-0.15, -0.1) is 0 Å². The van der Waals surface area contributed by atoms with E-state index < -0.39 is 16.1 Å². The second-order valence-electron chi connectivity index (χ2n) is 5.78.